The van der Waals surface area contributed by atoms with Crippen LogP contribution in [0.4, 0.5) is 5.69 Å². The molecule has 0 aliphatic rings. The van der Waals surface area contributed by atoms with Gasteiger partial charge in [-0.2, -0.15) is 0 Å². The fourth-order valence-corrected chi connectivity index (χ4v) is 3.15. The predicted octanol–water partition coefficient (Wildman–Crippen LogP) is 3.41. The number of fused-ring (bicyclic) bond motifs is 1. The Balaban J connectivity index is 1.88. The number of hydrogen-bond acceptors (Lipinski definition) is 5. The Bertz CT molecular complexity index is 1050. The summed E-state index contributed by atoms with van der Waals surface area (Å²) in [5.41, 5.74) is 1.78. The topological polar surface area (TPSA) is 85.6 Å². The number of sulfone groups is 1. The van der Waals surface area contributed by atoms with Gasteiger partial charge in [-0.15, -0.1) is 0 Å². The van der Waals surface area contributed by atoms with Crippen LogP contribution in [-0.2, 0) is 9.84 Å². The molecular formula is C18H17NO5S. The monoisotopic (exact) mass is 359 g/mol. The Kier molecular flexibility index (Phi) is 4.26. The summed E-state index contributed by atoms with van der Waals surface area (Å²) in [6.07, 6.45) is 1.13. The summed E-state index contributed by atoms with van der Waals surface area (Å²) in [6, 6.07) is 11.3. The van der Waals surface area contributed by atoms with Crippen LogP contribution in [0.15, 0.2) is 51.8 Å². The van der Waals surface area contributed by atoms with Gasteiger partial charge in [-0.1, -0.05) is 0 Å². The number of rotatable bonds is 4. The van der Waals surface area contributed by atoms with E-state index in [1.165, 1.54) is 24.3 Å². The first-order chi connectivity index (χ1) is 11.8. The van der Waals surface area contributed by atoms with Gasteiger partial charge in [0.25, 0.3) is 5.91 Å². The second kappa shape index (κ2) is 6.25. The third kappa shape index (κ3) is 3.36. The smallest absolute Gasteiger partial charge is 0.291 e. The van der Waals surface area contributed by atoms with Crippen molar-refractivity contribution >= 4 is 32.4 Å². The van der Waals surface area contributed by atoms with Crippen molar-refractivity contribution in [2.24, 2.45) is 0 Å². The Labute approximate surface area is 145 Å². The molecule has 0 spiro atoms. The first-order valence-corrected chi connectivity index (χ1v) is 9.37. The minimum atomic E-state index is -3.27. The number of nitrogens with one attached hydrogen (secondary N) is 1. The minimum absolute atomic E-state index is 0.192. The molecule has 0 saturated heterocycles. The normalized spacial score (nSPS) is 11.5. The zero-order valence-electron chi connectivity index (χ0n) is 14.0. The van der Waals surface area contributed by atoms with Crippen molar-refractivity contribution in [1.82, 2.24) is 0 Å². The highest BCUT2D eigenvalue weighted by Gasteiger charge is 2.18. The number of hydrogen-bond donors (Lipinski definition) is 1. The van der Waals surface area contributed by atoms with Gasteiger partial charge in [-0.05, 0) is 49.4 Å². The number of furan rings is 1. The third-order valence-corrected chi connectivity index (χ3v) is 5.02. The molecule has 1 amide bonds. The maximum atomic E-state index is 12.5. The van der Waals surface area contributed by atoms with E-state index in [0.29, 0.717) is 22.6 Å². The second-order valence-corrected chi connectivity index (χ2v) is 7.68. The summed E-state index contributed by atoms with van der Waals surface area (Å²) < 4.78 is 33.8. The van der Waals surface area contributed by atoms with Gasteiger partial charge in [0.15, 0.2) is 15.6 Å². The van der Waals surface area contributed by atoms with Crippen LogP contribution in [0.2, 0.25) is 0 Å². The Hall–Kier alpha value is -2.80. The fraction of sp³-hybridized carbons (Fsp3) is 0.167. The first kappa shape index (κ1) is 17.0. The lowest BCUT2D eigenvalue weighted by atomic mass is 10.1. The first-order valence-electron chi connectivity index (χ1n) is 7.48. The summed E-state index contributed by atoms with van der Waals surface area (Å²) in [7, 11) is -1.70. The van der Waals surface area contributed by atoms with Crippen molar-refractivity contribution < 1.29 is 22.4 Å². The Morgan fingerprint density at radius 1 is 1.12 bits per heavy atom. The van der Waals surface area contributed by atoms with Gasteiger partial charge < -0.3 is 14.5 Å². The molecule has 0 fully saturated rings. The molecule has 0 saturated carbocycles. The Morgan fingerprint density at radius 2 is 1.80 bits per heavy atom. The van der Waals surface area contributed by atoms with Gasteiger partial charge >= 0.3 is 0 Å². The van der Waals surface area contributed by atoms with Gasteiger partial charge in [0.2, 0.25) is 0 Å². The molecule has 7 heteroatoms. The van der Waals surface area contributed by atoms with Crippen LogP contribution in [0, 0.1) is 6.92 Å². The standard InChI is InChI=1S/C18H17NO5S/c1-11-15-10-13(23-2)6-9-16(15)24-17(11)18(20)19-12-4-7-14(8-5-12)25(3,21)22/h4-10H,1-3H3,(H,19,20). The van der Waals surface area contributed by atoms with E-state index >= 15 is 0 Å². The molecule has 3 rings (SSSR count). The summed E-state index contributed by atoms with van der Waals surface area (Å²) >= 11 is 0. The molecule has 0 radical (unpaired) electrons. The molecule has 0 aliphatic heterocycles. The molecule has 25 heavy (non-hydrogen) atoms. The maximum Gasteiger partial charge on any atom is 0.291 e. The summed E-state index contributed by atoms with van der Waals surface area (Å²) in [5.74, 6) is 0.481. The number of aryl methyl sites for hydroxylation is 1. The molecule has 1 heterocycles. The van der Waals surface area contributed by atoms with Crippen LogP contribution < -0.4 is 10.1 Å². The van der Waals surface area contributed by atoms with Crippen LogP contribution in [0.1, 0.15) is 16.1 Å². The zero-order chi connectivity index (χ0) is 18.2. The van der Waals surface area contributed by atoms with E-state index in [2.05, 4.69) is 5.32 Å². The minimum Gasteiger partial charge on any atom is -0.497 e. The number of methoxy groups -OCH3 is 1. The lowest BCUT2D eigenvalue weighted by Gasteiger charge is -2.05. The van der Waals surface area contributed by atoms with Crippen LogP contribution in [0.3, 0.4) is 0 Å². The quantitative estimate of drug-likeness (QED) is 0.771. The van der Waals surface area contributed by atoms with Crippen LogP contribution in [-0.4, -0.2) is 27.7 Å². The number of ether oxygens (including phenoxy) is 1. The maximum absolute atomic E-state index is 12.5. The van der Waals surface area contributed by atoms with Crippen molar-refractivity contribution in [3.8, 4) is 5.75 Å². The van der Waals surface area contributed by atoms with E-state index in [1.54, 1.807) is 26.2 Å². The highest BCUT2D eigenvalue weighted by Crippen LogP contribution is 2.29. The highest BCUT2D eigenvalue weighted by atomic mass is 32.2. The second-order valence-electron chi connectivity index (χ2n) is 5.67. The number of benzene rings is 2. The van der Waals surface area contributed by atoms with Gasteiger partial charge in [-0.3, -0.25) is 4.79 Å². The summed E-state index contributed by atoms with van der Waals surface area (Å²) in [6.45, 7) is 1.80. The molecule has 0 aliphatic carbocycles. The van der Waals surface area contributed by atoms with Crippen LogP contribution in [0.5, 0.6) is 5.75 Å². The molecule has 2 aromatic carbocycles. The van der Waals surface area contributed by atoms with Gasteiger partial charge in [0, 0.05) is 22.9 Å². The van der Waals surface area contributed by atoms with E-state index < -0.39 is 15.7 Å². The molecule has 0 bridgehead atoms. The van der Waals surface area contributed by atoms with Gasteiger partial charge in [0.05, 0.1) is 12.0 Å². The lowest BCUT2D eigenvalue weighted by molar-refractivity contribution is 0.0998. The van der Waals surface area contributed by atoms with E-state index in [9.17, 15) is 13.2 Å². The average molecular weight is 359 g/mol. The number of carbonyl (C=O) groups is 1. The van der Waals surface area contributed by atoms with Gasteiger partial charge in [-0.25, -0.2) is 8.42 Å². The molecule has 1 aromatic heterocycles. The zero-order valence-corrected chi connectivity index (χ0v) is 14.8. The van der Waals surface area contributed by atoms with Gasteiger partial charge in [0.1, 0.15) is 11.3 Å². The van der Waals surface area contributed by atoms with Crippen LogP contribution in [0.25, 0.3) is 11.0 Å². The van der Waals surface area contributed by atoms with E-state index in [1.807, 2.05) is 6.07 Å². The molecule has 130 valence electrons. The van der Waals surface area contributed by atoms with Crippen molar-refractivity contribution in [2.75, 3.05) is 18.7 Å². The molecule has 3 aromatic rings. The number of carbonyl (C=O) groups excluding carboxylic acids is 1. The molecule has 0 atom stereocenters. The SMILES string of the molecule is COc1ccc2oc(C(=O)Nc3ccc(S(C)(=O)=O)cc3)c(C)c2c1. The van der Waals surface area contributed by atoms with Crippen molar-refractivity contribution in [2.45, 2.75) is 11.8 Å². The molecule has 0 unspecified atom stereocenters. The largest absolute Gasteiger partial charge is 0.497 e. The predicted molar refractivity (Wildman–Crippen MR) is 95.0 cm³/mol. The lowest BCUT2D eigenvalue weighted by Crippen LogP contribution is -2.12. The summed E-state index contributed by atoms with van der Waals surface area (Å²) in [5, 5.41) is 3.51. The highest BCUT2D eigenvalue weighted by molar-refractivity contribution is 7.90. The van der Waals surface area contributed by atoms with Crippen LogP contribution >= 0.6 is 0 Å². The molecular weight excluding hydrogens is 342 g/mol. The van der Waals surface area contributed by atoms with Crippen molar-refractivity contribution in [3.05, 3.63) is 53.8 Å². The number of amides is 1. The number of anilines is 1. The average Bonchev–Trinajstić information content (AvgIpc) is 2.91. The fourth-order valence-electron chi connectivity index (χ4n) is 2.52. The van der Waals surface area contributed by atoms with E-state index in [0.717, 1.165) is 11.6 Å². The summed E-state index contributed by atoms with van der Waals surface area (Å²) in [4.78, 5) is 12.7. The van der Waals surface area contributed by atoms with E-state index in [-0.39, 0.29) is 10.7 Å². The molecule has 1 N–H and O–H groups in total. The van der Waals surface area contributed by atoms with Crippen molar-refractivity contribution in [3.63, 3.8) is 0 Å². The third-order valence-electron chi connectivity index (χ3n) is 3.89. The van der Waals surface area contributed by atoms with E-state index in [4.69, 9.17) is 9.15 Å². The molecule has 6 nitrogen and oxygen atoms in total. The Morgan fingerprint density at radius 3 is 2.40 bits per heavy atom. The van der Waals surface area contributed by atoms with Crippen molar-refractivity contribution in [1.29, 1.82) is 0 Å².